The van der Waals surface area contributed by atoms with E-state index in [1.807, 2.05) is 42.5 Å². The zero-order valence-corrected chi connectivity index (χ0v) is 15.7. The standard InChI is InChI=1S/C22H25N3O2/c1-27-20-13-7-6-12-19(20)25-21(26)18(16-17-10-4-2-5-11-17)23-22(25)24-14-8-3-9-15-24/h2,4-7,10-13,18H,3,8-9,14-16H2,1H3. The molecule has 0 saturated carbocycles. The Hall–Kier alpha value is -2.82. The number of piperidine rings is 1. The third-order valence-electron chi connectivity index (χ3n) is 5.21. The number of likely N-dealkylation sites (tertiary alicyclic amines) is 1. The summed E-state index contributed by atoms with van der Waals surface area (Å²) in [6.45, 7) is 1.88. The molecule has 2 aromatic rings. The molecule has 1 saturated heterocycles. The van der Waals surface area contributed by atoms with Crippen LogP contribution in [0.25, 0.3) is 0 Å². The second kappa shape index (κ2) is 7.82. The topological polar surface area (TPSA) is 45.1 Å². The fourth-order valence-electron chi connectivity index (χ4n) is 3.83. The molecule has 1 unspecified atom stereocenters. The Bertz CT molecular complexity index is 828. The fourth-order valence-corrected chi connectivity index (χ4v) is 3.83. The molecule has 1 atom stereocenters. The maximum Gasteiger partial charge on any atom is 0.259 e. The molecule has 2 aromatic carbocycles. The first-order valence-corrected chi connectivity index (χ1v) is 9.61. The summed E-state index contributed by atoms with van der Waals surface area (Å²) in [5, 5.41) is 0. The number of aliphatic imine (C=N–C) groups is 1. The number of guanidine groups is 1. The molecular weight excluding hydrogens is 338 g/mol. The van der Waals surface area contributed by atoms with Crippen LogP contribution in [-0.2, 0) is 11.2 Å². The lowest BCUT2D eigenvalue weighted by Crippen LogP contribution is -2.47. The molecular formula is C22H25N3O2. The summed E-state index contributed by atoms with van der Waals surface area (Å²) in [5.41, 5.74) is 1.89. The average molecular weight is 363 g/mol. The predicted molar refractivity (Wildman–Crippen MR) is 107 cm³/mol. The van der Waals surface area contributed by atoms with Crippen LogP contribution in [0.5, 0.6) is 5.75 Å². The summed E-state index contributed by atoms with van der Waals surface area (Å²) in [4.78, 5) is 22.3. The number of para-hydroxylation sites is 2. The Kier molecular flexibility index (Phi) is 5.10. The zero-order valence-electron chi connectivity index (χ0n) is 15.7. The van der Waals surface area contributed by atoms with Gasteiger partial charge in [0.25, 0.3) is 5.91 Å². The number of methoxy groups -OCH3 is 1. The quantitative estimate of drug-likeness (QED) is 0.835. The SMILES string of the molecule is COc1ccccc1N1C(=O)C(Cc2ccccc2)N=C1N1CCCCC1. The number of hydrogen-bond donors (Lipinski definition) is 0. The lowest BCUT2D eigenvalue weighted by Gasteiger charge is -2.32. The van der Waals surface area contributed by atoms with Gasteiger partial charge in [-0.1, -0.05) is 42.5 Å². The monoisotopic (exact) mass is 363 g/mol. The number of nitrogens with zero attached hydrogens (tertiary/aromatic N) is 3. The minimum atomic E-state index is -0.394. The van der Waals surface area contributed by atoms with Crippen molar-refractivity contribution in [3.05, 3.63) is 60.2 Å². The van der Waals surface area contributed by atoms with Crippen molar-refractivity contribution in [2.75, 3.05) is 25.1 Å². The van der Waals surface area contributed by atoms with E-state index in [2.05, 4.69) is 17.0 Å². The number of benzene rings is 2. The molecule has 0 spiro atoms. The van der Waals surface area contributed by atoms with Crippen molar-refractivity contribution in [3.8, 4) is 5.75 Å². The van der Waals surface area contributed by atoms with Crippen molar-refractivity contribution < 1.29 is 9.53 Å². The number of ether oxygens (including phenoxy) is 1. The van der Waals surface area contributed by atoms with Gasteiger partial charge in [-0.25, -0.2) is 9.89 Å². The molecule has 2 aliphatic heterocycles. The fraction of sp³-hybridized carbons (Fsp3) is 0.364. The molecule has 5 heteroatoms. The highest BCUT2D eigenvalue weighted by atomic mass is 16.5. The van der Waals surface area contributed by atoms with E-state index in [1.165, 1.54) is 6.42 Å². The van der Waals surface area contributed by atoms with Gasteiger partial charge in [0.15, 0.2) is 0 Å². The van der Waals surface area contributed by atoms with Gasteiger partial charge >= 0.3 is 0 Å². The molecule has 0 radical (unpaired) electrons. The van der Waals surface area contributed by atoms with Gasteiger partial charge in [0, 0.05) is 19.5 Å². The van der Waals surface area contributed by atoms with E-state index in [9.17, 15) is 4.79 Å². The second-order valence-electron chi connectivity index (χ2n) is 7.03. The number of anilines is 1. The van der Waals surface area contributed by atoms with E-state index >= 15 is 0 Å². The van der Waals surface area contributed by atoms with E-state index < -0.39 is 6.04 Å². The molecule has 2 aliphatic rings. The maximum absolute atomic E-state index is 13.4. The summed E-state index contributed by atoms with van der Waals surface area (Å²) < 4.78 is 5.53. The number of amides is 1. The number of carbonyl (C=O) groups excluding carboxylic acids is 1. The summed E-state index contributed by atoms with van der Waals surface area (Å²) in [6.07, 6.45) is 4.12. The lowest BCUT2D eigenvalue weighted by molar-refractivity contribution is -0.118. The summed E-state index contributed by atoms with van der Waals surface area (Å²) in [7, 11) is 1.64. The first kappa shape index (κ1) is 17.6. The molecule has 0 N–H and O–H groups in total. The van der Waals surface area contributed by atoms with Crippen LogP contribution < -0.4 is 9.64 Å². The number of carbonyl (C=O) groups is 1. The van der Waals surface area contributed by atoms with Gasteiger partial charge in [-0.05, 0) is 37.0 Å². The van der Waals surface area contributed by atoms with Crippen LogP contribution in [-0.4, -0.2) is 43.0 Å². The van der Waals surface area contributed by atoms with Crippen LogP contribution in [0.3, 0.4) is 0 Å². The minimum Gasteiger partial charge on any atom is -0.495 e. The van der Waals surface area contributed by atoms with Gasteiger partial charge in [-0.2, -0.15) is 0 Å². The van der Waals surface area contributed by atoms with Gasteiger partial charge in [-0.3, -0.25) is 4.79 Å². The molecule has 27 heavy (non-hydrogen) atoms. The van der Waals surface area contributed by atoms with Gasteiger partial charge in [0.1, 0.15) is 11.8 Å². The van der Waals surface area contributed by atoms with Crippen LogP contribution in [0.1, 0.15) is 24.8 Å². The maximum atomic E-state index is 13.4. The van der Waals surface area contributed by atoms with Crippen LogP contribution in [0.4, 0.5) is 5.69 Å². The van der Waals surface area contributed by atoms with E-state index in [0.29, 0.717) is 12.2 Å². The smallest absolute Gasteiger partial charge is 0.259 e. The van der Waals surface area contributed by atoms with E-state index in [1.54, 1.807) is 12.0 Å². The van der Waals surface area contributed by atoms with Gasteiger partial charge in [0.2, 0.25) is 5.96 Å². The number of rotatable bonds is 4. The number of hydrogen-bond acceptors (Lipinski definition) is 4. The Morgan fingerprint density at radius 1 is 1.00 bits per heavy atom. The molecule has 0 aliphatic carbocycles. The molecule has 1 amide bonds. The Morgan fingerprint density at radius 2 is 1.70 bits per heavy atom. The van der Waals surface area contributed by atoms with Crippen LogP contribution in [0, 0.1) is 0 Å². The van der Waals surface area contributed by atoms with Gasteiger partial charge in [0.05, 0.1) is 12.8 Å². The molecule has 140 valence electrons. The van der Waals surface area contributed by atoms with Crippen LogP contribution in [0.2, 0.25) is 0 Å². The third-order valence-corrected chi connectivity index (χ3v) is 5.21. The predicted octanol–water partition coefficient (Wildman–Crippen LogP) is 3.50. The normalized spacial score (nSPS) is 20.0. The summed E-state index contributed by atoms with van der Waals surface area (Å²) in [5.74, 6) is 1.48. The first-order valence-electron chi connectivity index (χ1n) is 9.61. The Balaban J connectivity index is 1.69. The molecule has 0 aromatic heterocycles. The highest BCUT2D eigenvalue weighted by Gasteiger charge is 2.39. The van der Waals surface area contributed by atoms with Crippen molar-refractivity contribution in [2.24, 2.45) is 4.99 Å². The third kappa shape index (κ3) is 3.54. The molecule has 4 rings (SSSR count). The van der Waals surface area contributed by atoms with Crippen molar-refractivity contribution >= 4 is 17.6 Å². The Morgan fingerprint density at radius 3 is 2.44 bits per heavy atom. The zero-order chi connectivity index (χ0) is 18.6. The molecule has 1 fully saturated rings. The van der Waals surface area contributed by atoms with Gasteiger partial charge in [-0.15, -0.1) is 0 Å². The first-order chi connectivity index (χ1) is 13.3. The highest BCUT2D eigenvalue weighted by molar-refractivity contribution is 6.22. The Labute approximate surface area is 160 Å². The van der Waals surface area contributed by atoms with E-state index in [0.717, 1.165) is 43.1 Å². The van der Waals surface area contributed by atoms with Crippen molar-refractivity contribution in [1.82, 2.24) is 4.90 Å². The van der Waals surface area contributed by atoms with Crippen molar-refractivity contribution in [1.29, 1.82) is 0 Å². The summed E-state index contributed by atoms with van der Waals surface area (Å²) in [6, 6.07) is 17.4. The van der Waals surface area contributed by atoms with Crippen molar-refractivity contribution in [3.63, 3.8) is 0 Å². The van der Waals surface area contributed by atoms with Crippen LogP contribution >= 0.6 is 0 Å². The largest absolute Gasteiger partial charge is 0.495 e. The molecule has 2 heterocycles. The van der Waals surface area contributed by atoms with E-state index in [4.69, 9.17) is 9.73 Å². The average Bonchev–Trinajstić information content (AvgIpc) is 3.05. The van der Waals surface area contributed by atoms with E-state index in [-0.39, 0.29) is 5.91 Å². The van der Waals surface area contributed by atoms with Crippen molar-refractivity contribution in [2.45, 2.75) is 31.7 Å². The van der Waals surface area contributed by atoms with Gasteiger partial charge < -0.3 is 9.64 Å². The molecule has 5 nitrogen and oxygen atoms in total. The summed E-state index contributed by atoms with van der Waals surface area (Å²) >= 11 is 0. The molecule has 0 bridgehead atoms. The lowest BCUT2D eigenvalue weighted by atomic mass is 10.1. The minimum absolute atomic E-state index is 0.0175. The second-order valence-corrected chi connectivity index (χ2v) is 7.03. The highest BCUT2D eigenvalue weighted by Crippen LogP contribution is 2.33. The van der Waals surface area contributed by atoms with Crippen LogP contribution in [0.15, 0.2) is 59.6 Å².